The number of aliphatic hydroxyl groups is 2. The molecule has 1 fully saturated rings. The number of carbonyl (C=O) groups is 2. The number of allylic oxidation sites excluding steroid dienone is 1. The van der Waals surface area contributed by atoms with E-state index in [4.69, 9.17) is 4.74 Å². The quantitative estimate of drug-likeness (QED) is 0.282. The number of hydrogen-bond acceptors (Lipinski definition) is 6. The number of hydrogen-bond donors (Lipinski definition) is 3. The fraction of sp³-hybridized carbons (Fsp3) is 0.379. The monoisotopic (exact) mass is 491 g/mol. The van der Waals surface area contributed by atoms with Crippen LogP contribution < -0.4 is 0 Å². The number of carbonyl (C=O) groups excluding carboxylic acids is 2. The molecule has 2 aliphatic rings. The third kappa shape index (κ3) is 5.14. The first-order chi connectivity index (χ1) is 17.3. The van der Waals surface area contributed by atoms with Crippen LogP contribution in [0.1, 0.15) is 30.4 Å². The maximum absolute atomic E-state index is 12.9. The van der Waals surface area contributed by atoms with Gasteiger partial charge < -0.3 is 20.1 Å². The molecule has 0 bridgehead atoms. The van der Waals surface area contributed by atoms with Gasteiger partial charge in [0, 0.05) is 20.1 Å². The van der Waals surface area contributed by atoms with Crippen LogP contribution in [0.15, 0.2) is 65.7 Å². The lowest BCUT2D eigenvalue weighted by molar-refractivity contribution is -0.138. The molecule has 0 radical (unpaired) electrons. The Bertz CT molecular complexity index is 1170. The van der Waals surface area contributed by atoms with Gasteiger partial charge in [-0.15, -0.1) is 0 Å². The lowest BCUT2D eigenvalue weighted by Crippen LogP contribution is -2.39. The van der Waals surface area contributed by atoms with Crippen LogP contribution in [0.5, 0.6) is 5.75 Å². The van der Waals surface area contributed by atoms with Gasteiger partial charge in [0.05, 0.1) is 31.2 Å². The van der Waals surface area contributed by atoms with E-state index in [1.807, 2.05) is 42.5 Å². The Hall–Kier alpha value is -3.26. The number of methoxy groups -OCH3 is 1. The normalized spacial score (nSPS) is 23.3. The van der Waals surface area contributed by atoms with Crippen molar-refractivity contribution in [3.63, 3.8) is 0 Å². The number of aliphatic hydroxyl groups excluding tert-OH is 2. The number of nitrogens with zero attached hydrogens (tertiary/aromatic N) is 1. The van der Waals surface area contributed by atoms with E-state index in [1.54, 1.807) is 25.3 Å². The smallest absolute Gasteiger partial charge is 0.233 e. The highest BCUT2D eigenvalue weighted by atomic mass is 16.5. The van der Waals surface area contributed by atoms with Crippen molar-refractivity contribution in [3.05, 3.63) is 76.9 Å². The summed E-state index contributed by atoms with van der Waals surface area (Å²) in [7, 11) is 3.03. The van der Waals surface area contributed by atoms with E-state index in [2.05, 4.69) is 0 Å². The highest BCUT2D eigenvalue weighted by Gasteiger charge is 2.53. The molecule has 7 heteroatoms. The van der Waals surface area contributed by atoms with Crippen LogP contribution in [0.2, 0.25) is 0 Å². The molecule has 1 heterocycles. The third-order valence-electron chi connectivity index (χ3n) is 7.32. The topological polar surface area (TPSA) is 107 Å². The molecule has 2 aromatic carbocycles. The Morgan fingerprint density at radius 1 is 1.14 bits per heavy atom. The van der Waals surface area contributed by atoms with E-state index in [-0.39, 0.29) is 30.8 Å². The average Bonchev–Trinajstić information content (AvgIpc) is 3.10. The summed E-state index contributed by atoms with van der Waals surface area (Å²) in [5.74, 6) is -2.22. The Kier molecular flexibility index (Phi) is 8.04. The first-order valence-electron chi connectivity index (χ1n) is 12.2. The predicted molar refractivity (Wildman–Crippen MR) is 137 cm³/mol. The van der Waals surface area contributed by atoms with Crippen molar-refractivity contribution >= 4 is 23.5 Å². The summed E-state index contributed by atoms with van der Waals surface area (Å²) in [6, 6.07) is 16.8. The zero-order valence-corrected chi connectivity index (χ0v) is 20.6. The van der Waals surface area contributed by atoms with Gasteiger partial charge in [0.2, 0.25) is 11.8 Å². The Labute approximate surface area is 211 Å². The molecule has 3 N–H and O–H groups in total. The molecular weight excluding hydrogens is 458 g/mol. The van der Waals surface area contributed by atoms with Crippen molar-refractivity contribution < 1.29 is 29.6 Å². The largest absolute Gasteiger partial charge is 0.508 e. The first kappa shape index (κ1) is 25.8. The molecule has 7 nitrogen and oxygen atoms in total. The van der Waals surface area contributed by atoms with Gasteiger partial charge >= 0.3 is 0 Å². The van der Waals surface area contributed by atoms with E-state index >= 15 is 0 Å². The lowest BCUT2D eigenvalue weighted by atomic mass is 9.68. The average molecular weight is 492 g/mol. The number of benzene rings is 2. The summed E-state index contributed by atoms with van der Waals surface area (Å²) in [4.78, 5) is 26.7. The highest BCUT2D eigenvalue weighted by molar-refractivity contribution is 6.05. The summed E-state index contributed by atoms with van der Waals surface area (Å²) in [5.41, 5.74) is 4.21. The molecule has 2 aromatic rings. The van der Waals surface area contributed by atoms with Gasteiger partial charge in [-0.05, 0) is 59.2 Å². The minimum absolute atomic E-state index is 0.175. The van der Waals surface area contributed by atoms with Crippen LogP contribution in [-0.2, 0) is 14.3 Å². The van der Waals surface area contributed by atoms with Crippen molar-refractivity contribution in [2.75, 3.05) is 27.4 Å². The second-order valence-electron chi connectivity index (χ2n) is 9.54. The molecule has 190 valence electrons. The summed E-state index contributed by atoms with van der Waals surface area (Å²) in [6.07, 6.45) is 2.28. The van der Waals surface area contributed by atoms with E-state index < -0.39 is 23.9 Å². The van der Waals surface area contributed by atoms with Gasteiger partial charge in [-0.2, -0.15) is 0 Å². The van der Waals surface area contributed by atoms with Gasteiger partial charge in [0.15, 0.2) is 0 Å². The second kappa shape index (κ2) is 11.2. The highest BCUT2D eigenvalue weighted by Crippen LogP contribution is 2.46. The van der Waals surface area contributed by atoms with Crippen molar-refractivity contribution in [1.82, 2.24) is 4.90 Å². The van der Waals surface area contributed by atoms with E-state index in [0.29, 0.717) is 24.8 Å². The van der Waals surface area contributed by atoms with Crippen molar-refractivity contribution in [2.45, 2.75) is 25.4 Å². The molecule has 1 aliphatic carbocycles. The van der Waals surface area contributed by atoms with Crippen LogP contribution in [-0.4, -0.2) is 65.5 Å². The van der Waals surface area contributed by atoms with Crippen LogP contribution in [0, 0.1) is 17.8 Å². The fourth-order valence-electron chi connectivity index (χ4n) is 5.64. The number of imide groups is 1. The number of aromatic hydroxyl groups is 1. The van der Waals surface area contributed by atoms with Gasteiger partial charge in [-0.1, -0.05) is 48.5 Å². The summed E-state index contributed by atoms with van der Waals surface area (Å²) >= 11 is 0. The third-order valence-corrected chi connectivity index (χ3v) is 7.32. The van der Waals surface area contributed by atoms with Crippen LogP contribution >= 0.6 is 0 Å². The molecule has 0 saturated carbocycles. The van der Waals surface area contributed by atoms with Crippen molar-refractivity contribution in [2.24, 2.45) is 17.8 Å². The first-order valence-corrected chi connectivity index (χ1v) is 12.2. The molecule has 4 rings (SSSR count). The zero-order valence-electron chi connectivity index (χ0n) is 20.6. The van der Waals surface area contributed by atoms with E-state index in [1.165, 1.54) is 7.05 Å². The molecule has 0 unspecified atom stereocenters. The minimum atomic E-state index is -0.918. The van der Waals surface area contributed by atoms with Crippen LogP contribution in [0.25, 0.3) is 11.6 Å². The lowest BCUT2D eigenvalue weighted by Gasteiger charge is -2.36. The predicted octanol–water partition coefficient (Wildman–Crippen LogP) is 3.26. The van der Waals surface area contributed by atoms with Crippen LogP contribution in [0.4, 0.5) is 0 Å². The molecule has 4 atom stereocenters. The number of phenols is 1. The Morgan fingerprint density at radius 3 is 2.56 bits per heavy atom. The fourth-order valence-corrected chi connectivity index (χ4v) is 5.64. The Balaban J connectivity index is 1.64. The molecule has 0 aromatic heterocycles. The molecule has 0 spiro atoms. The molecule has 1 aliphatic heterocycles. The molecule has 2 amide bonds. The number of fused-ring (bicyclic) bond motifs is 1. The second-order valence-corrected chi connectivity index (χ2v) is 9.54. The molecule has 36 heavy (non-hydrogen) atoms. The number of likely N-dealkylation sites (tertiary alicyclic amines) is 1. The summed E-state index contributed by atoms with van der Waals surface area (Å²) < 4.78 is 5.38. The number of rotatable bonds is 9. The summed E-state index contributed by atoms with van der Waals surface area (Å²) in [6.45, 7) is -0.111. The number of ether oxygens (including phenoxy) is 1. The van der Waals surface area contributed by atoms with E-state index in [9.17, 15) is 24.9 Å². The van der Waals surface area contributed by atoms with E-state index in [0.717, 1.165) is 27.2 Å². The molecule has 1 saturated heterocycles. The SMILES string of the molecule is COCC1=C([C@H](O)CC/C(=C/c2cccc(O)c2)c2ccccc2)[C@H](CO)[C@@H]2C(=O)N(C)C(=O)[C@@H]2C1. The zero-order chi connectivity index (χ0) is 25.8. The maximum Gasteiger partial charge on any atom is 0.233 e. The van der Waals surface area contributed by atoms with Gasteiger partial charge in [0.25, 0.3) is 0 Å². The van der Waals surface area contributed by atoms with Crippen molar-refractivity contribution in [1.29, 1.82) is 0 Å². The molecular formula is C29H33NO6. The van der Waals surface area contributed by atoms with Gasteiger partial charge in [0.1, 0.15) is 5.75 Å². The maximum atomic E-state index is 12.9. The van der Waals surface area contributed by atoms with Gasteiger partial charge in [-0.3, -0.25) is 14.5 Å². The Morgan fingerprint density at radius 2 is 1.89 bits per heavy atom. The van der Waals surface area contributed by atoms with Crippen molar-refractivity contribution in [3.8, 4) is 5.75 Å². The summed E-state index contributed by atoms with van der Waals surface area (Å²) in [5, 5.41) is 31.6. The van der Waals surface area contributed by atoms with Crippen LogP contribution in [0.3, 0.4) is 0 Å². The number of phenolic OH excluding ortho intramolecular Hbond substituents is 1. The minimum Gasteiger partial charge on any atom is -0.508 e. The number of amides is 2. The van der Waals surface area contributed by atoms with Gasteiger partial charge in [-0.25, -0.2) is 0 Å². The standard InChI is InChI=1S/C29H33NO6/c1-30-28(34)23-15-21(17-36-2)26(24(16-31)27(23)29(30)35)25(33)12-11-20(19-8-4-3-5-9-19)13-18-7-6-10-22(32)14-18/h3-10,13-14,23-25,27,31-33H,11-12,15-17H2,1-2H3/b20-13-/t23-,24+,25-,27-/m1/s1.